The molecule has 100 valence electrons. The second kappa shape index (κ2) is 7.71. The van der Waals surface area contributed by atoms with Crippen molar-refractivity contribution >= 4 is 23.6 Å². The van der Waals surface area contributed by atoms with Crippen molar-refractivity contribution in [2.45, 2.75) is 12.3 Å². The van der Waals surface area contributed by atoms with E-state index in [4.69, 9.17) is 16.7 Å². The van der Waals surface area contributed by atoms with Gasteiger partial charge in [-0.25, -0.2) is 13.6 Å². The first-order valence-electron chi connectivity index (χ1n) is 4.53. The first-order valence-corrected chi connectivity index (χ1v) is 4.97. The number of benzene rings is 1. The Morgan fingerprint density at radius 3 is 2.06 bits per heavy atom. The van der Waals surface area contributed by atoms with Crippen molar-refractivity contribution in [2.24, 2.45) is 0 Å². The number of aliphatic carboxylic acids is 1. The molecule has 0 spiro atoms. The van der Waals surface area contributed by atoms with Gasteiger partial charge in [-0.1, -0.05) is 41.9 Å². The predicted molar refractivity (Wildman–Crippen MR) is 59.9 cm³/mol. The molecule has 0 saturated carbocycles. The van der Waals surface area contributed by atoms with Crippen LogP contribution in [0.1, 0.15) is 5.56 Å². The fourth-order valence-corrected chi connectivity index (χ4v) is 0.876. The topological polar surface area (TPSA) is 37.3 Å². The smallest absolute Gasteiger partial charge is 0.401 e. The molecular weight excluding hydrogens is 276 g/mol. The summed E-state index contributed by atoms with van der Waals surface area (Å²) in [5, 5.41) is 7.38. The minimum absolute atomic E-state index is 1.13. The first-order chi connectivity index (χ1) is 8.32. The highest BCUT2D eigenvalue weighted by atomic mass is 35.5. The van der Waals surface area contributed by atoms with Crippen molar-refractivity contribution < 1.29 is 27.5 Å². The second-order valence-electron chi connectivity index (χ2n) is 2.93. The van der Waals surface area contributed by atoms with Crippen LogP contribution in [0.4, 0.5) is 17.6 Å². The fourth-order valence-electron chi connectivity index (χ4n) is 0.730. The molecule has 0 bridgehead atoms. The molecule has 0 unspecified atom stereocenters. The van der Waals surface area contributed by atoms with Crippen molar-refractivity contribution in [3.05, 3.63) is 41.4 Å². The third-order valence-corrected chi connectivity index (χ3v) is 1.74. The van der Waals surface area contributed by atoms with E-state index in [1.807, 2.05) is 36.4 Å². The van der Waals surface area contributed by atoms with Crippen LogP contribution in [0.15, 0.2) is 35.9 Å². The number of alkyl halides is 4. The Balaban J connectivity index is 0.000000321. The molecule has 1 N–H and O–H groups in total. The molecule has 18 heavy (non-hydrogen) atoms. The Hall–Kier alpha value is -1.56. The Morgan fingerprint density at radius 1 is 1.28 bits per heavy atom. The molecule has 1 aromatic carbocycles. The van der Waals surface area contributed by atoms with E-state index in [1.54, 1.807) is 0 Å². The summed E-state index contributed by atoms with van der Waals surface area (Å²) in [5.41, 5.74) is 2.64. The van der Waals surface area contributed by atoms with E-state index in [-0.39, 0.29) is 0 Å². The number of rotatable bonds is 3. The zero-order valence-corrected chi connectivity index (χ0v) is 9.62. The highest BCUT2D eigenvalue weighted by molar-refractivity contribution is 6.27. The summed E-state index contributed by atoms with van der Waals surface area (Å²) in [7, 11) is 0. The number of carbonyl (C=O) groups is 1. The maximum absolute atomic E-state index is 11.3. The Kier molecular flexibility index (Phi) is 7.04. The summed E-state index contributed by atoms with van der Waals surface area (Å²) in [5.74, 6) is -7.72. The zero-order chi connectivity index (χ0) is 14.2. The van der Waals surface area contributed by atoms with Gasteiger partial charge in [-0.2, -0.15) is 8.78 Å². The molecule has 1 aromatic rings. The summed E-state index contributed by atoms with van der Waals surface area (Å²) in [6.07, 6.45) is -2.29. The lowest BCUT2D eigenvalue weighted by molar-refractivity contribution is -0.187. The Labute approximate surface area is 105 Å². The van der Waals surface area contributed by atoms with Gasteiger partial charge in [0.15, 0.2) is 0 Å². The molecule has 0 aromatic heterocycles. The lowest BCUT2D eigenvalue weighted by Crippen LogP contribution is -2.35. The first kappa shape index (κ1) is 16.4. The van der Waals surface area contributed by atoms with Crippen LogP contribution in [-0.2, 0) is 4.79 Å². The largest absolute Gasteiger partial charge is 0.477 e. The van der Waals surface area contributed by atoms with Gasteiger partial charge < -0.3 is 5.11 Å². The zero-order valence-electron chi connectivity index (χ0n) is 8.86. The molecule has 0 radical (unpaired) electrons. The average molecular weight is 285 g/mol. The summed E-state index contributed by atoms with van der Waals surface area (Å²) in [4.78, 5) is 9.23. The maximum atomic E-state index is 11.3. The number of carboxylic acids is 1. The molecule has 0 amide bonds. The van der Waals surface area contributed by atoms with Crippen molar-refractivity contribution in [1.82, 2.24) is 0 Å². The molecule has 0 saturated heterocycles. The number of carboxylic acid groups (broad SMARTS) is 1. The summed E-state index contributed by atoms with van der Waals surface area (Å²) in [6.45, 7) is 0. The normalized spacial score (nSPS) is 11.2. The van der Waals surface area contributed by atoms with Crippen molar-refractivity contribution in [3.63, 3.8) is 0 Å². The van der Waals surface area contributed by atoms with Crippen LogP contribution in [0.3, 0.4) is 0 Å². The van der Waals surface area contributed by atoms with E-state index < -0.39 is 18.3 Å². The Bertz CT molecular complexity index is 393. The molecular formula is C11H9ClF4O2. The van der Waals surface area contributed by atoms with Crippen LogP contribution in [-0.4, -0.2) is 23.4 Å². The average Bonchev–Trinajstić information content (AvgIpc) is 2.31. The molecule has 2 nitrogen and oxygen atoms in total. The molecule has 7 heteroatoms. The van der Waals surface area contributed by atoms with Gasteiger partial charge in [0.1, 0.15) is 0 Å². The van der Waals surface area contributed by atoms with Gasteiger partial charge in [0.2, 0.25) is 0 Å². The molecule has 0 fully saturated rings. The van der Waals surface area contributed by atoms with Gasteiger partial charge in [0.05, 0.1) is 0 Å². The standard InChI is InChI=1S/C8H7Cl.C3H2F4O2/c9-7-6-8-4-2-1-3-5-8;4-1(5)3(6,7)2(8)9/h1-7H;1H,(H,8,9). The summed E-state index contributed by atoms with van der Waals surface area (Å²) < 4.78 is 44.5. The minimum atomic E-state index is -4.92. The molecule has 0 aliphatic heterocycles. The van der Waals surface area contributed by atoms with Crippen LogP contribution in [0.5, 0.6) is 0 Å². The van der Waals surface area contributed by atoms with Crippen molar-refractivity contribution in [3.8, 4) is 0 Å². The summed E-state index contributed by atoms with van der Waals surface area (Å²) >= 11 is 5.36. The predicted octanol–water partition coefficient (Wildman–Crippen LogP) is 3.87. The molecule has 0 heterocycles. The number of hydrogen-bond donors (Lipinski definition) is 1. The number of hydrogen-bond acceptors (Lipinski definition) is 1. The lowest BCUT2D eigenvalue weighted by Gasteiger charge is -2.07. The van der Waals surface area contributed by atoms with Crippen molar-refractivity contribution in [2.75, 3.05) is 0 Å². The van der Waals surface area contributed by atoms with E-state index >= 15 is 0 Å². The van der Waals surface area contributed by atoms with Crippen LogP contribution in [0.2, 0.25) is 0 Å². The van der Waals surface area contributed by atoms with E-state index in [2.05, 4.69) is 0 Å². The third-order valence-electron chi connectivity index (χ3n) is 1.61. The SMILES string of the molecule is ClC=Cc1ccccc1.O=C(O)C(F)(F)C(F)F. The summed E-state index contributed by atoms with van der Waals surface area (Å²) in [6, 6.07) is 9.93. The number of halogens is 5. The van der Waals surface area contributed by atoms with E-state index in [0.29, 0.717) is 0 Å². The van der Waals surface area contributed by atoms with Crippen LogP contribution >= 0.6 is 11.6 Å². The molecule has 0 aliphatic carbocycles. The van der Waals surface area contributed by atoms with E-state index in [9.17, 15) is 22.4 Å². The van der Waals surface area contributed by atoms with Gasteiger partial charge >= 0.3 is 18.3 Å². The second-order valence-corrected chi connectivity index (χ2v) is 3.18. The highest BCUT2D eigenvalue weighted by Gasteiger charge is 2.49. The van der Waals surface area contributed by atoms with Gasteiger partial charge in [-0.15, -0.1) is 0 Å². The quantitative estimate of drug-likeness (QED) is 0.856. The van der Waals surface area contributed by atoms with Gasteiger partial charge in [-0.05, 0) is 11.6 Å². The fraction of sp³-hybridized carbons (Fsp3) is 0.182. The van der Waals surface area contributed by atoms with Crippen LogP contribution < -0.4 is 0 Å². The molecule has 0 aliphatic rings. The maximum Gasteiger partial charge on any atom is 0.401 e. The lowest BCUT2D eigenvalue weighted by atomic mass is 10.2. The van der Waals surface area contributed by atoms with Gasteiger partial charge in [-0.3, -0.25) is 0 Å². The molecule has 0 atom stereocenters. The van der Waals surface area contributed by atoms with Crippen molar-refractivity contribution in [1.29, 1.82) is 0 Å². The van der Waals surface area contributed by atoms with Gasteiger partial charge in [0.25, 0.3) is 0 Å². The third kappa shape index (κ3) is 5.67. The monoisotopic (exact) mass is 284 g/mol. The van der Waals surface area contributed by atoms with Gasteiger partial charge in [0, 0.05) is 5.54 Å². The Morgan fingerprint density at radius 2 is 1.78 bits per heavy atom. The van der Waals surface area contributed by atoms with E-state index in [1.165, 1.54) is 5.54 Å². The molecule has 1 rings (SSSR count). The minimum Gasteiger partial charge on any atom is -0.477 e. The van der Waals surface area contributed by atoms with Crippen LogP contribution in [0.25, 0.3) is 6.08 Å². The van der Waals surface area contributed by atoms with Crippen LogP contribution in [0, 0.1) is 0 Å². The van der Waals surface area contributed by atoms with E-state index in [0.717, 1.165) is 5.56 Å². The highest BCUT2D eigenvalue weighted by Crippen LogP contribution is 2.22.